The number of anilines is 1. The van der Waals surface area contributed by atoms with E-state index in [2.05, 4.69) is 25.5 Å². The Morgan fingerprint density at radius 3 is 2.19 bits per heavy atom. The number of hydrogen-bond donors (Lipinski definition) is 2. The van der Waals surface area contributed by atoms with Gasteiger partial charge in [0.25, 0.3) is 0 Å². The maximum atomic E-state index is 12.6. The minimum Gasteiger partial charge on any atom is -0.497 e. The molecule has 1 aliphatic rings. The average molecular weight is 438 g/mol. The highest BCUT2D eigenvalue weighted by atomic mass is 35.5. The van der Waals surface area contributed by atoms with E-state index in [4.69, 9.17) is 16.3 Å². The molecule has 2 aromatic carbocycles. The first-order chi connectivity index (χ1) is 15.1. The lowest BCUT2D eigenvalue weighted by atomic mass is 10.1. The molecule has 0 radical (unpaired) electrons. The van der Waals surface area contributed by atoms with Crippen molar-refractivity contribution >= 4 is 23.5 Å². The Bertz CT molecular complexity index is 1030. The fourth-order valence-electron chi connectivity index (χ4n) is 3.42. The van der Waals surface area contributed by atoms with Gasteiger partial charge in [0.1, 0.15) is 5.75 Å². The molecule has 0 atom stereocenters. The number of nitrogens with one attached hydrogen (secondary N) is 2. The van der Waals surface area contributed by atoms with Crippen LogP contribution in [0.4, 0.5) is 5.95 Å². The molecule has 3 aromatic rings. The molecule has 0 unspecified atom stereocenters. The summed E-state index contributed by atoms with van der Waals surface area (Å²) in [5, 5.41) is 6.80. The van der Waals surface area contributed by atoms with E-state index < -0.39 is 0 Å². The number of ether oxygens (including phenoxy) is 1. The van der Waals surface area contributed by atoms with Crippen LogP contribution in [0.2, 0.25) is 5.02 Å². The molecule has 2 heterocycles. The molecular formula is C23H24ClN5O2. The summed E-state index contributed by atoms with van der Waals surface area (Å²) in [6.07, 6.45) is 0. The summed E-state index contributed by atoms with van der Waals surface area (Å²) in [6, 6.07) is 16.9. The summed E-state index contributed by atoms with van der Waals surface area (Å²) < 4.78 is 5.25. The summed E-state index contributed by atoms with van der Waals surface area (Å²) in [5.74, 6) is 0.912. The summed E-state index contributed by atoms with van der Waals surface area (Å²) in [7, 11) is 1.63. The van der Waals surface area contributed by atoms with Crippen molar-refractivity contribution in [3.05, 3.63) is 59.6 Å². The molecule has 31 heavy (non-hydrogen) atoms. The van der Waals surface area contributed by atoms with Crippen molar-refractivity contribution in [1.29, 1.82) is 0 Å². The number of halogens is 1. The van der Waals surface area contributed by atoms with E-state index in [1.54, 1.807) is 7.11 Å². The molecule has 1 aliphatic heterocycles. The van der Waals surface area contributed by atoms with Gasteiger partial charge in [0.15, 0.2) is 0 Å². The predicted molar refractivity (Wildman–Crippen MR) is 122 cm³/mol. The number of rotatable bonds is 6. The zero-order valence-electron chi connectivity index (χ0n) is 17.3. The monoisotopic (exact) mass is 437 g/mol. The fraction of sp³-hybridized carbons (Fsp3) is 0.261. The molecule has 8 heteroatoms. The van der Waals surface area contributed by atoms with Crippen LogP contribution in [-0.2, 0) is 4.79 Å². The smallest absolute Gasteiger partial charge is 0.240 e. The highest BCUT2D eigenvalue weighted by Gasteiger charge is 2.16. The molecular weight excluding hydrogens is 414 g/mol. The normalized spacial score (nSPS) is 14.3. The van der Waals surface area contributed by atoms with Gasteiger partial charge >= 0.3 is 0 Å². The van der Waals surface area contributed by atoms with Gasteiger partial charge in [-0.05, 0) is 42.5 Å². The molecule has 0 aliphatic carbocycles. The Morgan fingerprint density at radius 1 is 1.03 bits per heavy atom. The van der Waals surface area contributed by atoms with E-state index in [0.717, 1.165) is 43.1 Å². The molecule has 1 amide bonds. The van der Waals surface area contributed by atoms with Crippen molar-refractivity contribution in [1.82, 2.24) is 20.2 Å². The van der Waals surface area contributed by atoms with Crippen molar-refractivity contribution in [3.63, 3.8) is 0 Å². The zero-order valence-corrected chi connectivity index (χ0v) is 18.0. The van der Waals surface area contributed by atoms with Crippen molar-refractivity contribution in [2.24, 2.45) is 0 Å². The Balaban J connectivity index is 1.63. The van der Waals surface area contributed by atoms with E-state index in [1.165, 1.54) is 0 Å². The topological polar surface area (TPSA) is 79.4 Å². The number of aromatic nitrogens is 2. The molecule has 160 valence electrons. The lowest BCUT2D eigenvalue weighted by Crippen LogP contribution is -2.46. The summed E-state index contributed by atoms with van der Waals surface area (Å²) in [6.45, 7) is 3.77. The minimum atomic E-state index is -0.129. The van der Waals surface area contributed by atoms with E-state index in [0.29, 0.717) is 23.0 Å². The summed E-state index contributed by atoms with van der Waals surface area (Å²) in [5.41, 5.74) is 3.20. The van der Waals surface area contributed by atoms with Gasteiger partial charge in [0.05, 0.1) is 25.0 Å². The van der Waals surface area contributed by atoms with Gasteiger partial charge in [-0.3, -0.25) is 15.0 Å². The SMILES string of the molecule is COc1ccc(-c2cc(-c3ccc(Cl)cc3)nc(NC(=O)CN3CCNCC3)n2)cc1. The fourth-order valence-corrected chi connectivity index (χ4v) is 3.54. The number of piperazine rings is 1. The molecule has 4 rings (SSSR count). The van der Waals surface area contributed by atoms with Crippen molar-refractivity contribution in [2.75, 3.05) is 45.2 Å². The third-order valence-corrected chi connectivity index (χ3v) is 5.33. The second-order valence-corrected chi connectivity index (χ2v) is 7.71. The van der Waals surface area contributed by atoms with Crippen LogP contribution in [0.15, 0.2) is 54.6 Å². The van der Waals surface area contributed by atoms with Gasteiger partial charge in [0, 0.05) is 42.3 Å². The molecule has 2 N–H and O–H groups in total. The van der Waals surface area contributed by atoms with Crippen LogP contribution < -0.4 is 15.4 Å². The van der Waals surface area contributed by atoms with Crippen LogP contribution in [0, 0.1) is 0 Å². The summed E-state index contributed by atoms with van der Waals surface area (Å²) >= 11 is 6.04. The van der Waals surface area contributed by atoms with Crippen molar-refractivity contribution < 1.29 is 9.53 Å². The number of methoxy groups -OCH3 is 1. The molecule has 0 saturated carbocycles. The van der Waals surface area contributed by atoms with E-state index in [-0.39, 0.29) is 11.9 Å². The number of carbonyl (C=O) groups excluding carboxylic acids is 1. The van der Waals surface area contributed by atoms with Crippen LogP contribution >= 0.6 is 11.6 Å². The van der Waals surface area contributed by atoms with Crippen molar-refractivity contribution in [3.8, 4) is 28.3 Å². The highest BCUT2D eigenvalue weighted by Crippen LogP contribution is 2.27. The number of carbonyl (C=O) groups is 1. The van der Waals surface area contributed by atoms with Crippen LogP contribution in [0.3, 0.4) is 0 Å². The van der Waals surface area contributed by atoms with Gasteiger partial charge in [-0.15, -0.1) is 0 Å². The average Bonchev–Trinajstić information content (AvgIpc) is 2.80. The first kappa shape index (κ1) is 21.2. The molecule has 7 nitrogen and oxygen atoms in total. The minimum absolute atomic E-state index is 0.129. The maximum Gasteiger partial charge on any atom is 0.240 e. The second-order valence-electron chi connectivity index (χ2n) is 7.27. The van der Waals surface area contributed by atoms with Crippen LogP contribution in [0.1, 0.15) is 0 Å². The number of nitrogens with zero attached hydrogens (tertiary/aromatic N) is 3. The first-order valence-electron chi connectivity index (χ1n) is 10.1. The van der Waals surface area contributed by atoms with Gasteiger partial charge in [-0.25, -0.2) is 9.97 Å². The van der Waals surface area contributed by atoms with Crippen LogP contribution in [-0.4, -0.2) is 60.6 Å². The number of benzene rings is 2. The van der Waals surface area contributed by atoms with E-state index >= 15 is 0 Å². The molecule has 0 spiro atoms. The molecule has 0 bridgehead atoms. The molecule has 1 saturated heterocycles. The highest BCUT2D eigenvalue weighted by molar-refractivity contribution is 6.30. The van der Waals surface area contributed by atoms with Gasteiger partial charge in [0.2, 0.25) is 11.9 Å². The third-order valence-electron chi connectivity index (χ3n) is 5.08. The van der Waals surface area contributed by atoms with Gasteiger partial charge in [-0.2, -0.15) is 0 Å². The Labute approximate surface area is 186 Å². The maximum absolute atomic E-state index is 12.6. The predicted octanol–water partition coefficient (Wildman–Crippen LogP) is 3.32. The largest absolute Gasteiger partial charge is 0.497 e. The lowest BCUT2D eigenvalue weighted by Gasteiger charge is -2.26. The lowest BCUT2D eigenvalue weighted by molar-refractivity contribution is -0.117. The van der Waals surface area contributed by atoms with Gasteiger partial charge in [-0.1, -0.05) is 23.7 Å². The zero-order chi connectivity index (χ0) is 21.6. The van der Waals surface area contributed by atoms with E-state index in [9.17, 15) is 4.79 Å². The third kappa shape index (κ3) is 5.58. The first-order valence-corrected chi connectivity index (χ1v) is 10.5. The van der Waals surface area contributed by atoms with Crippen molar-refractivity contribution in [2.45, 2.75) is 0 Å². The van der Waals surface area contributed by atoms with Gasteiger partial charge < -0.3 is 10.1 Å². The van der Waals surface area contributed by atoms with E-state index in [1.807, 2.05) is 54.6 Å². The van der Waals surface area contributed by atoms with Crippen LogP contribution in [0.25, 0.3) is 22.5 Å². The second kappa shape index (κ2) is 9.87. The Hall–Kier alpha value is -3.00. The number of hydrogen-bond acceptors (Lipinski definition) is 6. The Kier molecular flexibility index (Phi) is 6.76. The van der Waals surface area contributed by atoms with Crippen LogP contribution in [0.5, 0.6) is 5.75 Å². The standard InChI is InChI=1S/C23H24ClN5O2/c1-31-19-8-4-17(5-9-19)21-14-20(16-2-6-18(24)7-3-16)26-23(27-21)28-22(30)15-29-12-10-25-11-13-29/h2-9,14,25H,10-13,15H2,1H3,(H,26,27,28,30). The number of amides is 1. The quantitative estimate of drug-likeness (QED) is 0.616. The summed E-state index contributed by atoms with van der Waals surface area (Å²) in [4.78, 5) is 23.9. The molecule has 1 fully saturated rings. The molecule has 1 aromatic heterocycles. The Morgan fingerprint density at radius 2 is 1.61 bits per heavy atom.